The van der Waals surface area contributed by atoms with Crippen molar-refractivity contribution in [2.75, 3.05) is 13.1 Å². The molecular formula is C17H21NO3. The van der Waals surface area contributed by atoms with Crippen LogP contribution in [0.3, 0.4) is 0 Å². The lowest BCUT2D eigenvalue weighted by molar-refractivity contribution is 0.0313. The molecule has 0 fully saturated rings. The Morgan fingerprint density at radius 1 is 1.19 bits per heavy atom. The van der Waals surface area contributed by atoms with Crippen LogP contribution >= 0.6 is 0 Å². The number of fused-ring (bicyclic) bond motifs is 1. The molecule has 2 aromatic rings. The molecule has 0 spiro atoms. The molecule has 2 rings (SSSR count). The largest absolute Gasteiger partial charge is 0.507 e. The van der Waals surface area contributed by atoms with Crippen LogP contribution in [-0.2, 0) is 0 Å². The van der Waals surface area contributed by atoms with Gasteiger partial charge in [-0.05, 0) is 43.7 Å². The average Bonchev–Trinajstić information content (AvgIpc) is 2.42. The quantitative estimate of drug-likeness (QED) is 0.909. The molecule has 0 saturated carbocycles. The summed E-state index contributed by atoms with van der Waals surface area (Å²) in [5.41, 5.74) is -0.710. The highest BCUT2D eigenvalue weighted by Crippen LogP contribution is 2.26. The Kier molecular flexibility index (Phi) is 4.19. The summed E-state index contributed by atoms with van der Waals surface area (Å²) in [6, 6.07) is 10.9. The molecule has 4 nitrogen and oxygen atoms in total. The smallest absolute Gasteiger partial charge is 0.257 e. The number of carbonyl (C=O) groups excluding carboxylic acids is 1. The van der Waals surface area contributed by atoms with E-state index in [4.69, 9.17) is 0 Å². The van der Waals surface area contributed by atoms with Gasteiger partial charge >= 0.3 is 0 Å². The zero-order valence-corrected chi connectivity index (χ0v) is 12.6. The van der Waals surface area contributed by atoms with Crippen molar-refractivity contribution in [3.63, 3.8) is 0 Å². The molecule has 0 aromatic heterocycles. The summed E-state index contributed by atoms with van der Waals surface area (Å²) in [5.74, 6) is -0.309. The predicted octanol–water partition coefficient (Wildman–Crippen LogP) is 2.78. The van der Waals surface area contributed by atoms with Crippen molar-refractivity contribution in [3.05, 3.63) is 42.0 Å². The normalized spacial score (nSPS) is 11.6. The lowest BCUT2D eigenvalue weighted by Crippen LogP contribution is -2.42. The van der Waals surface area contributed by atoms with E-state index >= 15 is 0 Å². The number of amides is 1. The number of hydrogen-bond donors (Lipinski definition) is 2. The van der Waals surface area contributed by atoms with E-state index in [0.29, 0.717) is 6.54 Å². The monoisotopic (exact) mass is 287 g/mol. The first-order chi connectivity index (χ1) is 9.81. The van der Waals surface area contributed by atoms with Gasteiger partial charge in [0.2, 0.25) is 0 Å². The third kappa shape index (κ3) is 3.52. The Bertz CT molecular complexity index is 659. The maximum absolute atomic E-state index is 12.6. The van der Waals surface area contributed by atoms with E-state index in [1.165, 1.54) is 4.90 Å². The maximum Gasteiger partial charge on any atom is 0.257 e. The summed E-state index contributed by atoms with van der Waals surface area (Å²) in [4.78, 5) is 14.1. The second kappa shape index (κ2) is 5.74. The number of rotatable bonds is 4. The van der Waals surface area contributed by atoms with Crippen molar-refractivity contribution >= 4 is 16.7 Å². The third-order valence-corrected chi connectivity index (χ3v) is 3.34. The average molecular weight is 287 g/mol. The van der Waals surface area contributed by atoms with Crippen molar-refractivity contribution < 1.29 is 15.0 Å². The van der Waals surface area contributed by atoms with Crippen molar-refractivity contribution in [2.24, 2.45) is 0 Å². The maximum atomic E-state index is 12.6. The Morgan fingerprint density at radius 2 is 1.76 bits per heavy atom. The Labute approximate surface area is 124 Å². The van der Waals surface area contributed by atoms with Crippen molar-refractivity contribution in [2.45, 2.75) is 26.4 Å². The molecule has 4 heteroatoms. The van der Waals surface area contributed by atoms with E-state index in [-0.39, 0.29) is 23.8 Å². The van der Waals surface area contributed by atoms with Crippen LogP contribution in [0, 0.1) is 0 Å². The molecule has 1 amide bonds. The number of nitrogens with zero attached hydrogens (tertiary/aromatic N) is 1. The van der Waals surface area contributed by atoms with Gasteiger partial charge in [-0.2, -0.15) is 0 Å². The van der Waals surface area contributed by atoms with Gasteiger partial charge in [0.25, 0.3) is 5.91 Å². The number of aromatic hydroxyl groups is 1. The first-order valence-electron chi connectivity index (χ1n) is 7.05. The summed E-state index contributed by atoms with van der Waals surface area (Å²) in [6.07, 6.45) is 0. The minimum atomic E-state index is -0.974. The van der Waals surface area contributed by atoms with E-state index in [9.17, 15) is 15.0 Å². The van der Waals surface area contributed by atoms with Crippen molar-refractivity contribution in [3.8, 4) is 5.75 Å². The molecule has 2 aromatic carbocycles. The molecule has 0 aliphatic heterocycles. The lowest BCUT2D eigenvalue weighted by Gasteiger charge is -2.28. The molecule has 0 bridgehead atoms. The minimum absolute atomic E-state index is 0.0344. The fourth-order valence-electron chi connectivity index (χ4n) is 2.36. The van der Waals surface area contributed by atoms with Gasteiger partial charge in [0.05, 0.1) is 11.2 Å². The fourth-order valence-corrected chi connectivity index (χ4v) is 2.36. The molecule has 0 saturated heterocycles. The first kappa shape index (κ1) is 15.3. The highest BCUT2D eigenvalue weighted by atomic mass is 16.3. The van der Waals surface area contributed by atoms with E-state index in [2.05, 4.69) is 0 Å². The van der Waals surface area contributed by atoms with Gasteiger partial charge < -0.3 is 15.1 Å². The van der Waals surface area contributed by atoms with Crippen molar-refractivity contribution in [1.82, 2.24) is 4.90 Å². The second-order valence-electron chi connectivity index (χ2n) is 5.85. The Morgan fingerprint density at radius 3 is 2.29 bits per heavy atom. The number of phenols is 1. The summed E-state index contributed by atoms with van der Waals surface area (Å²) in [5, 5.41) is 21.8. The van der Waals surface area contributed by atoms with E-state index in [1.807, 2.05) is 31.2 Å². The number of hydrogen-bond acceptors (Lipinski definition) is 3. The molecule has 0 aliphatic carbocycles. The van der Waals surface area contributed by atoms with Gasteiger partial charge in [-0.15, -0.1) is 0 Å². The summed E-state index contributed by atoms with van der Waals surface area (Å²) in [7, 11) is 0. The van der Waals surface area contributed by atoms with Gasteiger partial charge in [-0.1, -0.05) is 24.3 Å². The topological polar surface area (TPSA) is 60.8 Å². The third-order valence-electron chi connectivity index (χ3n) is 3.34. The van der Waals surface area contributed by atoms with Crippen LogP contribution in [0.2, 0.25) is 0 Å². The SMILES string of the molecule is CCN(CC(C)(C)O)C(=O)c1cc2ccccc2cc1O. The zero-order valence-electron chi connectivity index (χ0n) is 12.6. The molecule has 0 radical (unpaired) electrons. The van der Waals surface area contributed by atoms with Crippen LogP contribution in [-0.4, -0.2) is 39.7 Å². The standard InChI is InChI=1S/C17H21NO3/c1-4-18(11-17(2,3)21)16(20)14-9-12-7-5-6-8-13(12)10-15(14)19/h5-10,19,21H,4,11H2,1-3H3. The lowest BCUT2D eigenvalue weighted by atomic mass is 10.0. The van der Waals surface area contributed by atoms with Crippen LogP contribution in [0.4, 0.5) is 0 Å². The molecule has 2 N–H and O–H groups in total. The highest BCUT2D eigenvalue weighted by Gasteiger charge is 2.24. The fraction of sp³-hybridized carbons (Fsp3) is 0.353. The number of benzene rings is 2. The second-order valence-corrected chi connectivity index (χ2v) is 5.85. The summed E-state index contributed by atoms with van der Waals surface area (Å²) >= 11 is 0. The van der Waals surface area contributed by atoms with Gasteiger partial charge in [-0.3, -0.25) is 4.79 Å². The highest BCUT2D eigenvalue weighted by molar-refractivity contribution is 6.01. The number of carbonyl (C=O) groups is 1. The van der Waals surface area contributed by atoms with Crippen LogP contribution in [0.1, 0.15) is 31.1 Å². The molecule has 0 atom stereocenters. The van der Waals surface area contributed by atoms with Gasteiger partial charge in [0.1, 0.15) is 5.75 Å². The number of phenolic OH excluding ortho intramolecular Hbond substituents is 1. The molecule has 112 valence electrons. The summed E-state index contributed by atoms with van der Waals surface area (Å²) in [6.45, 7) is 5.85. The molecule has 0 heterocycles. The van der Waals surface area contributed by atoms with Crippen LogP contribution in [0.15, 0.2) is 36.4 Å². The first-order valence-corrected chi connectivity index (χ1v) is 7.05. The number of likely N-dealkylation sites (N-methyl/N-ethyl adjacent to an activating group) is 1. The van der Waals surface area contributed by atoms with E-state index in [0.717, 1.165) is 10.8 Å². The van der Waals surface area contributed by atoms with E-state index < -0.39 is 5.60 Å². The molecule has 0 unspecified atom stereocenters. The van der Waals surface area contributed by atoms with Crippen LogP contribution in [0.25, 0.3) is 10.8 Å². The van der Waals surface area contributed by atoms with Gasteiger partial charge in [0, 0.05) is 13.1 Å². The van der Waals surface area contributed by atoms with Gasteiger partial charge in [-0.25, -0.2) is 0 Å². The summed E-state index contributed by atoms with van der Waals surface area (Å²) < 4.78 is 0. The number of aliphatic hydroxyl groups is 1. The van der Waals surface area contributed by atoms with Crippen LogP contribution in [0.5, 0.6) is 5.75 Å². The molecule has 21 heavy (non-hydrogen) atoms. The minimum Gasteiger partial charge on any atom is -0.507 e. The molecule has 0 aliphatic rings. The zero-order chi connectivity index (χ0) is 15.6. The Balaban J connectivity index is 2.40. The predicted molar refractivity (Wildman–Crippen MR) is 83.5 cm³/mol. The Hall–Kier alpha value is -2.07. The van der Waals surface area contributed by atoms with Crippen LogP contribution < -0.4 is 0 Å². The van der Waals surface area contributed by atoms with E-state index in [1.54, 1.807) is 26.0 Å². The van der Waals surface area contributed by atoms with Crippen molar-refractivity contribution in [1.29, 1.82) is 0 Å². The molecular weight excluding hydrogens is 266 g/mol. The van der Waals surface area contributed by atoms with Gasteiger partial charge in [0.15, 0.2) is 0 Å².